The van der Waals surface area contributed by atoms with Crippen LogP contribution in [0, 0.1) is 0 Å². The first kappa shape index (κ1) is 10.7. The van der Waals surface area contributed by atoms with Gasteiger partial charge in [-0.05, 0) is 43.3 Å². The summed E-state index contributed by atoms with van der Waals surface area (Å²) in [6.45, 7) is 0. The highest BCUT2D eigenvalue weighted by Gasteiger charge is 2.46. The maximum Gasteiger partial charge on any atom is 0.0884 e. The van der Waals surface area contributed by atoms with Gasteiger partial charge in [-0.1, -0.05) is 0 Å². The molecule has 1 aromatic rings. The van der Waals surface area contributed by atoms with E-state index in [0.717, 1.165) is 31.4 Å². The molecule has 5 heteroatoms. The Morgan fingerprint density at radius 1 is 1.50 bits per heavy atom. The Balaban J connectivity index is 1.82. The first-order valence-electron chi connectivity index (χ1n) is 5.82. The van der Waals surface area contributed by atoms with E-state index in [0.29, 0.717) is 12.1 Å². The van der Waals surface area contributed by atoms with Gasteiger partial charge < -0.3 is 16.2 Å². The van der Waals surface area contributed by atoms with Crippen molar-refractivity contribution in [2.75, 3.05) is 0 Å². The summed E-state index contributed by atoms with van der Waals surface area (Å²) in [5.41, 5.74) is 6.22. The maximum absolute atomic E-state index is 10.7. The van der Waals surface area contributed by atoms with Gasteiger partial charge in [0.05, 0.1) is 17.3 Å². The molecular weight excluding hydrogens is 222 g/mol. The van der Waals surface area contributed by atoms with E-state index in [4.69, 9.17) is 5.73 Å². The second-order valence-corrected chi connectivity index (χ2v) is 5.72. The Hall–Kier alpha value is -0.490. The maximum atomic E-state index is 10.7. The lowest BCUT2D eigenvalue weighted by atomic mass is 9.80. The molecule has 2 aliphatic heterocycles. The Morgan fingerprint density at radius 3 is 2.75 bits per heavy atom. The lowest BCUT2D eigenvalue weighted by molar-refractivity contribution is -0.0305. The highest BCUT2D eigenvalue weighted by molar-refractivity contribution is 7.03. The van der Waals surface area contributed by atoms with Gasteiger partial charge in [0, 0.05) is 17.5 Å². The van der Waals surface area contributed by atoms with Gasteiger partial charge in [-0.25, -0.2) is 0 Å². The number of piperidine rings is 1. The lowest BCUT2D eigenvalue weighted by Crippen LogP contribution is -2.53. The standard InChI is InChI=1S/C11H17N3OS/c12-10(9-3-4-16-14-9)11(15)5-7-1-2-8(6-11)13-7/h3-4,7-8,10,13,15H,1-2,5-6,12H2. The van der Waals surface area contributed by atoms with Crippen LogP contribution in [0.1, 0.15) is 37.4 Å². The van der Waals surface area contributed by atoms with E-state index in [2.05, 4.69) is 9.69 Å². The summed E-state index contributed by atoms with van der Waals surface area (Å²) in [6.07, 6.45) is 3.83. The van der Waals surface area contributed by atoms with Gasteiger partial charge in [-0.3, -0.25) is 0 Å². The van der Waals surface area contributed by atoms with Gasteiger partial charge in [0.15, 0.2) is 0 Å². The van der Waals surface area contributed by atoms with Crippen molar-refractivity contribution in [2.45, 2.75) is 49.4 Å². The monoisotopic (exact) mass is 239 g/mol. The summed E-state index contributed by atoms with van der Waals surface area (Å²) in [5.74, 6) is 0. The molecule has 0 spiro atoms. The second-order valence-electron chi connectivity index (χ2n) is 5.05. The predicted octanol–water partition coefficient (Wildman–Crippen LogP) is 0.788. The molecule has 0 aromatic carbocycles. The molecule has 2 aliphatic rings. The van der Waals surface area contributed by atoms with E-state index >= 15 is 0 Å². The van der Waals surface area contributed by atoms with Crippen LogP contribution in [-0.2, 0) is 0 Å². The second kappa shape index (κ2) is 3.77. The van der Waals surface area contributed by atoms with Crippen molar-refractivity contribution in [1.29, 1.82) is 0 Å². The summed E-state index contributed by atoms with van der Waals surface area (Å²) in [4.78, 5) is 0. The lowest BCUT2D eigenvalue weighted by Gasteiger charge is -2.40. The molecule has 3 rings (SSSR count). The fourth-order valence-electron chi connectivity index (χ4n) is 3.07. The fraction of sp³-hybridized carbons (Fsp3) is 0.727. The molecule has 0 amide bonds. The molecule has 1 aromatic heterocycles. The number of nitrogens with one attached hydrogen (secondary N) is 1. The third-order valence-electron chi connectivity index (χ3n) is 3.89. The van der Waals surface area contributed by atoms with Crippen molar-refractivity contribution in [3.8, 4) is 0 Å². The first-order valence-corrected chi connectivity index (χ1v) is 6.65. The van der Waals surface area contributed by atoms with Crippen LogP contribution in [-0.4, -0.2) is 27.2 Å². The number of hydrogen-bond donors (Lipinski definition) is 3. The van der Waals surface area contributed by atoms with E-state index in [1.807, 2.05) is 11.4 Å². The van der Waals surface area contributed by atoms with E-state index in [-0.39, 0.29) is 6.04 Å². The minimum Gasteiger partial charge on any atom is -0.388 e. The number of aliphatic hydroxyl groups is 1. The summed E-state index contributed by atoms with van der Waals surface area (Å²) < 4.78 is 4.24. The normalized spacial score (nSPS) is 39.9. The van der Waals surface area contributed by atoms with E-state index in [1.165, 1.54) is 11.5 Å². The number of nitrogens with two attached hydrogens (primary N) is 1. The highest BCUT2D eigenvalue weighted by Crippen LogP contribution is 2.40. The molecule has 3 unspecified atom stereocenters. The number of aromatic nitrogens is 1. The Kier molecular flexibility index (Phi) is 2.51. The molecule has 2 bridgehead atoms. The molecule has 16 heavy (non-hydrogen) atoms. The van der Waals surface area contributed by atoms with Crippen LogP contribution in [0.25, 0.3) is 0 Å². The average Bonchev–Trinajstić information content (AvgIpc) is 2.87. The van der Waals surface area contributed by atoms with Crippen molar-refractivity contribution in [3.63, 3.8) is 0 Å². The average molecular weight is 239 g/mol. The molecule has 0 saturated carbocycles. The molecule has 3 atom stereocenters. The SMILES string of the molecule is NC(c1ccsn1)C1(O)CC2CCC(C1)N2. The van der Waals surface area contributed by atoms with Gasteiger partial charge in [0.2, 0.25) is 0 Å². The Bertz CT molecular complexity index is 355. The van der Waals surface area contributed by atoms with Gasteiger partial charge in [-0.15, -0.1) is 0 Å². The van der Waals surface area contributed by atoms with Crippen LogP contribution in [0.3, 0.4) is 0 Å². The van der Waals surface area contributed by atoms with Gasteiger partial charge >= 0.3 is 0 Å². The highest BCUT2D eigenvalue weighted by atomic mass is 32.1. The van der Waals surface area contributed by atoms with Crippen LogP contribution in [0.4, 0.5) is 0 Å². The minimum absolute atomic E-state index is 0.344. The molecule has 4 nitrogen and oxygen atoms in total. The van der Waals surface area contributed by atoms with Gasteiger partial charge in [0.25, 0.3) is 0 Å². The van der Waals surface area contributed by atoms with E-state index in [1.54, 1.807) is 0 Å². The first-order chi connectivity index (χ1) is 7.67. The van der Waals surface area contributed by atoms with E-state index in [9.17, 15) is 5.11 Å². The van der Waals surface area contributed by atoms with Gasteiger partial charge in [-0.2, -0.15) is 4.37 Å². The summed E-state index contributed by atoms with van der Waals surface area (Å²) in [5, 5.41) is 16.1. The zero-order valence-corrected chi connectivity index (χ0v) is 9.91. The van der Waals surface area contributed by atoms with Crippen LogP contribution in [0.15, 0.2) is 11.4 Å². The largest absolute Gasteiger partial charge is 0.388 e. The smallest absolute Gasteiger partial charge is 0.0884 e. The number of hydrogen-bond acceptors (Lipinski definition) is 5. The Morgan fingerprint density at radius 2 is 2.19 bits per heavy atom. The molecule has 2 fully saturated rings. The molecule has 0 aliphatic carbocycles. The third-order valence-corrected chi connectivity index (χ3v) is 4.46. The Labute approximate surface area is 99.0 Å². The minimum atomic E-state index is -0.773. The predicted molar refractivity (Wildman–Crippen MR) is 63.2 cm³/mol. The molecular formula is C11H17N3OS. The number of fused-ring (bicyclic) bond motifs is 2. The molecule has 0 radical (unpaired) electrons. The fourth-order valence-corrected chi connectivity index (χ4v) is 3.63. The number of rotatable bonds is 2. The van der Waals surface area contributed by atoms with Crippen LogP contribution in [0.2, 0.25) is 0 Å². The van der Waals surface area contributed by atoms with Crippen molar-refractivity contribution >= 4 is 11.5 Å². The topological polar surface area (TPSA) is 71.2 Å². The van der Waals surface area contributed by atoms with Crippen molar-refractivity contribution in [1.82, 2.24) is 9.69 Å². The van der Waals surface area contributed by atoms with E-state index < -0.39 is 5.60 Å². The van der Waals surface area contributed by atoms with Crippen molar-refractivity contribution in [3.05, 3.63) is 17.1 Å². The zero-order chi connectivity index (χ0) is 11.2. The van der Waals surface area contributed by atoms with Crippen molar-refractivity contribution < 1.29 is 5.11 Å². The summed E-state index contributed by atoms with van der Waals surface area (Å²) in [6, 6.07) is 2.45. The quantitative estimate of drug-likeness (QED) is 0.713. The zero-order valence-electron chi connectivity index (χ0n) is 9.10. The molecule has 2 saturated heterocycles. The third kappa shape index (κ3) is 1.68. The van der Waals surface area contributed by atoms with Gasteiger partial charge in [0.1, 0.15) is 0 Å². The van der Waals surface area contributed by atoms with Crippen LogP contribution in [0.5, 0.6) is 0 Å². The van der Waals surface area contributed by atoms with Crippen molar-refractivity contribution in [2.24, 2.45) is 5.73 Å². The van der Waals surface area contributed by atoms with Crippen LogP contribution < -0.4 is 11.1 Å². The number of nitrogens with zero attached hydrogens (tertiary/aromatic N) is 1. The summed E-state index contributed by atoms with van der Waals surface area (Å²) >= 11 is 1.39. The van der Waals surface area contributed by atoms with Crippen LogP contribution >= 0.6 is 11.5 Å². The molecule has 4 N–H and O–H groups in total. The molecule has 88 valence electrons. The summed E-state index contributed by atoms with van der Waals surface area (Å²) in [7, 11) is 0. The molecule has 3 heterocycles.